The van der Waals surface area contributed by atoms with Gasteiger partial charge in [0.15, 0.2) is 0 Å². The zero-order valence-corrected chi connectivity index (χ0v) is 87.1. The Kier molecular flexibility index (Phi) is 41.5. The van der Waals surface area contributed by atoms with Crippen LogP contribution in [-0.2, 0) is 128 Å². The summed E-state index contributed by atoms with van der Waals surface area (Å²) in [6.45, 7) is 44.8. The number of ether oxygens (including phenoxy) is 8. The standard InChI is InChI=1S/C66H64N2O8.C64H68N2O8/c1-45(2)63(69)73-41-37-49-9-25-57(26-10-49)67(58-27-11-50(12-28-58)38-42-74-64(70)46(3)4)61-33-21-55(22-34-61)53-17-19-54(20-18-53)56-23-35-62(36-24-56)68(59-29-13-51(14-30-59)39-43-75-65(71)47(5)6)60-31-15-52(16-32-60)40-44-76-66(72)48(7)8;1-45(2)61(67)71-41-9-13-49-17-29-55(30-18-49)65(56-31-19-50(20-32-56)14-10-42-72-62(68)46(3)4)59-37-25-53(26-38-59)54-27-39-60(40-28-54)66(57-33-21-51(22-34-57)15-11-43-73-63(69)47(5)6)58-35-23-52(24-36-58)16-12-44-74-64(70)48(7)8/h9-36H,1,3,5,7,37-44H2,2,4,6,8H3;17-40H,1,3,5,7,9-16,41-44H2,2,4,6,8H3. The molecule has 0 spiro atoms. The van der Waals surface area contributed by atoms with Crippen molar-refractivity contribution in [3.63, 3.8) is 0 Å². The first-order valence-corrected chi connectivity index (χ1v) is 50.3. The zero-order valence-electron chi connectivity index (χ0n) is 87.1. The lowest BCUT2D eigenvalue weighted by Crippen LogP contribution is -2.11. The van der Waals surface area contributed by atoms with Gasteiger partial charge < -0.3 is 57.5 Å². The highest BCUT2D eigenvalue weighted by atomic mass is 16.6. The van der Waals surface area contributed by atoms with Crippen molar-refractivity contribution in [3.8, 4) is 33.4 Å². The van der Waals surface area contributed by atoms with E-state index in [0.717, 1.165) is 172 Å². The number of hydrogen-bond donors (Lipinski definition) is 0. The second-order valence-corrected chi connectivity index (χ2v) is 37.2. The quantitative estimate of drug-likeness (QED) is 0.0150. The Balaban J connectivity index is 0.000000266. The first-order chi connectivity index (χ1) is 72.3. The molecule has 0 aliphatic rings. The van der Waals surface area contributed by atoms with Gasteiger partial charge in [-0.25, -0.2) is 38.4 Å². The molecule has 0 heterocycles. The van der Waals surface area contributed by atoms with Crippen LogP contribution in [0.25, 0.3) is 33.4 Å². The molecule has 0 amide bonds. The highest BCUT2D eigenvalue weighted by Crippen LogP contribution is 2.43. The van der Waals surface area contributed by atoms with Crippen molar-refractivity contribution in [1.82, 2.24) is 0 Å². The SMILES string of the molecule is C=C(C)C(=O)OCCCc1ccc(N(c2ccc(CCCOC(=O)C(=C)C)cc2)c2ccc(-c3ccc(N(c4ccc(CCCOC(=O)C(=C)C)cc4)c4ccc(CCCOC(=O)C(=C)C)cc4)cc3)cc2)cc1.C=C(C)C(=O)OCCc1ccc(N(c2ccc(CCOC(=O)C(=C)C)cc2)c2ccc(-c3ccc(-c4ccc(N(c5ccc(CCOC(=O)C(=C)C)cc5)c5ccc(CCOC(=O)C(=C)C)cc5)cc4)cc3)cc2)cc1. The van der Waals surface area contributed by atoms with Crippen LogP contribution in [0.1, 0.15) is 126 Å². The molecule has 0 atom stereocenters. The minimum atomic E-state index is -0.396. The molecule has 13 rings (SSSR count). The van der Waals surface area contributed by atoms with Crippen molar-refractivity contribution in [2.75, 3.05) is 72.5 Å². The topological polar surface area (TPSA) is 223 Å². The van der Waals surface area contributed by atoms with Crippen molar-refractivity contribution in [2.24, 2.45) is 0 Å². The van der Waals surface area contributed by atoms with Crippen molar-refractivity contribution < 1.29 is 76.3 Å². The molecule has 0 saturated heterocycles. The summed E-state index contributed by atoms with van der Waals surface area (Å²) in [7, 11) is 0. The van der Waals surface area contributed by atoms with E-state index in [0.29, 0.717) is 122 Å². The van der Waals surface area contributed by atoms with Gasteiger partial charge >= 0.3 is 47.8 Å². The lowest BCUT2D eigenvalue weighted by Gasteiger charge is -2.27. The molecular formula is C130H132N4O16. The predicted octanol–water partition coefficient (Wildman–Crippen LogP) is 29.1. The monoisotopic (exact) mass is 2000 g/mol. The van der Waals surface area contributed by atoms with E-state index in [9.17, 15) is 38.4 Å². The van der Waals surface area contributed by atoms with Gasteiger partial charge in [0.1, 0.15) is 0 Å². The van der Waals surface area contributed by atoms with Crippen LogP contribution in [0, 0.1) is 0 Å². The van der Waals surface area contributed by atoms with Crippen LogP contribution in [0.15, 0.2) is 413 Å². The number of anilines is 12. The minimum Gasteiger partial charge on any atom is -0.462 e. The second kappa shape index (κ2) is 55.9. The Morgan fingerprint density at radius 1 is 0.153 bits per heavy atom. The number of aryl methyl sites for hydroxylation is 4. The summed E-state index contributed by atoms with van der Waals surface area (Å²) in [5, 5.41) is 0. The normalized spacial score (nSPS) is 10.7. The number of nitrogens with zero attached hydrogens (tertiary/aromatic N) is 4. The molecule has 20 heteroatoms. The fraction of sp³-hybridized carbons (Fsp3) is 0.215. The lowest BCUT2D eigenvalue weighted by atomic mass is 9.99. The van der Waals surface area contributed by atoms with E-state index in [-0.39, 0.29) is 50.3 Å². The van der Waals surface area contributed by atoms with Crippen molar-refractivity contribution in [3.05, 3.63) is 457 Å². The van der Waals surface area contributed by atoms with E-state index < -0.39 is 23.9 Å². The van der Waals surface area contributed by atoms with E-state index >= 15 is 0 Å². The summed E-state index contributed by atoms with van der Waals surface area (Å²) in [6.07, 6.45) is 8.17. The van der Waals surface area contributed by atoms with Crippen LogP contribution in [-0.4, -0.2) is 101 Å². The predicted molar refractivity (Wildman–Crippen MR) is 602 cm³/mol. The molecule has 0 aliphatic carbocycles. The van der Waals surface area contributed by atoms with Crippen LogP contribution in [0.2, 0.25) is 0 Å². The number of benzene rings is 13. The Labute approximate surface area is 882 Å². The molecule has 0 radical (unpaired) electrons. The summed E-state index contributed by atoms with van der Waals surface area (Å²) in [4.78, 5) is 104. The fourth-order valence-electron chi connectivity index (χ4n) is 16.1. The van der Waals surface area contributed by atoms with E-state index in [1.165, 1.54) is 0 Å². The molecule has 768 valence electrons. The van der Waals surface area contributed by atoms with E-state index in [1.807, 2.05) is 48.5 Å². The van der Waals surface area contributed by atoms with E-state index in [4.69, 9.17) is 37.9 Å². The maximum absolute atomic E-state index is 11.9. The summed E-state index contributed by atoms with van der Waals surface area (Å²) >= 11 is 0. The van der Waals surface area contributed by atoms with Gasteiger partial charge in [0.05, 0.1) is 52.9 Å². The Morgan fingerprint density at radius 3 is 0.373 bits per heavy atom. The Hall–Kier alpha value is -17.3. The van der Waals surface area contributed by atoms with Crippen molar-refractivity contribution in [1.29, 1.82) is 0 Å². The van der Waals surface area contributed by atoms with Gasteiger partial charge in [0.2, 0.25) is 0 Å². The summed E-state index contributed by atoms with van der Waals surface area (Å²) < 4.78 is 42.6. The first-order valence-electron chi connectivity index (χ1n) is 50.3. The molecule has 0 aromatic heterocycles. The number of carbonyl (C=O) groups is 8. The highest BCUT2D eigenvalue weighted by molar-refractivity contribution is 5.92. The van der Waals surface area contributed by atoms with Gasteiger partial charge in [-0.05, 0) is 330 Å². The van der Waals surface area contributed by atoms with Gasteiger partial charge in [-0.15, -0.1) is 0 Å². The summed E-state index contributed by atoms with van der Waals surface area (Å²) in [5.41, 5.74) is 29.9. The molecule has 13 aromatic carbocycles. The third kappa shape index (κ3) is 33.4. The summed E-state index contributed by atoms with van der Waals surface area (Å²) in [5.74, 6) is -3.07. The fourth-order valence-corrected chi connectivity index (χ4v) is 16.1. The van der Waals surface area contributed by atoms with Crippen LogP contribution >= 0.6 is 0 Å². The van der Waals surface area contributed by atoms with Gasteiger partial charge in [0, 0.05) is 139 Å². The van der Waals surface area contributed by atoms with Crippen LogP contribution < -0.4 is 19.6 Å². The lowest BCUT2D eigenvalue weighted by molar-refractivity contribution is -0.139. The average Bonchev–Trinajstić information content (AvgIpc) is 0.795. The molecule has 0 unspecified atom stereocenters. The van der Waals surface area contributed by atoms with Crippen LogP contribution in [0.4, 0.5) is 68.2 Å². The molecule has 0 aliphatic heterocycles. The smallest absolute Gasteiger partial charge is 0.333 e. The maximum atomic E-state index is 11.9. The molecule has 20 nitrogen and oxygen atoms in total. The first kappa shape index (κ1) is 112. The molecule has 0 fully saturated rings. The van der Waals surface area contributed by atoms with Gasteiger partial charge in [-0.2, -0.15) is 0 Å². The molecular weight excluding hydrogens is 1870 g/mol. The minimum absolute atomic E-state index is 0.264. The number of rotatable bonds is 51. The maximum Gasteiger partial charge on any atom is 0.333 e. The number of hydrogen-bond acceptors (Lipinski definition) is 20. The Bertz CT molecular complexity index is 6170. The average molecular weight is 2010 g/mol. The zero-order chi connectivity index (χ0) is 107. The number of carbonyl (C=O) groups excluding carboxylic acids is 8. The highest BCUT2D eigenvalue weighted by Gasteiger charge is 2.23. The molecule has 150 heavy (non-hydrogen) atoms. The van der Waals surface area contributed by atoms with Gasteiger partial charge in [-0.1, -0.05) is 222 Å². The van der Waals surface area contributed by atoms with E-state index in [2.05, 4.69) is 339 Å². The van der Waals surface area contributed by atoms with Gasteiger partial charge in [0.25, 0.3) is 0 Å². The van der Waals surface area contributed by atoms with Crippen LogP contribution in [0.3, 0.4) is 0 Å². The molecule has 0 N–H and O–H groups in total. The molecule has 13 aromatic rings. The third-order valence-corrected chi connectivity index (χ3v) is 24.6. The van der Waals surface area contributed by atoms with Crippen LogP contribution in [0.5, 0.6) is 0 Å². The summed E-state index contributed by atoms with van der Waals surface area (Å²) in [6, 6.07) is 110. The van der Waals surface area contributed by atoms with Crippen molar-refractivity contribution in [2.45, 2.75) is 132 Å². The molecule has 0 bridgehead atoms. The largest absolute Gasteiger partial charge is 0.462 e. The second-order valence-electron chi connectivity index (χ2n) is 37.2. The molecule has 0 saturated carbocycles. The Morgan fingerprint density at radius 2 is 0.253 bits per heavy atom. The van der Waals surface area contributed by atoms with Crippen molar-refractivity contribution >= 4 is 116 Å². The van der Waals surface area contributed by atoms with E-state index in [1.54, 1.807) is 55.4 Å². The van der Waals surface area contributed by atoms with Gasteiger partial charge in [-0.3, -0.25) is 0 Å². The number of esters is 8. The third-order valence-electron chi connectivity index (χ3n) is 24.6.